The molecule has 2 nitrogen and oxygen atoms in total. The van der Waals surface area contributed by atoms with Gasteiger partial charge in [0.05, 0.1) is 0 Å². The molecule has 1 saturated carbocycles. The van der Waals surface area contributed by atoms with Crippen molar-refractivity contribution in [3.63, 3.8) is 0 Å². The highest BCUT2D eigenvalue weighted by Crippen LogP contribution is 2.49. The average molecular weight is 182 g/mol. The first-order chi connectivity index (χ1) is 6.28. The van der Waals surface area contributed by atoms with E-state index in [-0.39, 0.29) is 0 Å². The molecule has 2 aliphatic rings. The smallest absolute Gasteiger partial charge is 0.00380 e. The van der Waals surface area contributed by atoms with Crippen LogP contribution in [0, 0.1) is 11.3 Å². The van der Waals surface area contributed by atoms with E-state index in [1.54, 1.807) is 0 Å². The van der Waals surface area contributed by atoms with Gasteiger partial charge in [0, 0.05) is 13.1 Å². The Bertz CT molecular complexity index is 175. The highest BCUT2D eigenvalue weighted by Gasteiger charge is 2.42. The van der Waals surface area contributed by atoms with E-state index < -0.39 is 0 Å². The van der Waals surface area contributed by atoms with Gasteiger partial charge >= 0.3 is 0 Å². The number of hydrogen-bond acceptors (Lipinski definition) is 2. The quantitative estimate of drug-likeness (QED) is 0.713. The molecule has 1 aliphatic heterocycles. The molecular formula is C11H22N2. The number of likely N-dealkylation sites (tertiary alicyclic amines) is 1. The van der Waals surface area contributed by atoms with Crippen LogP contribution in [-0.4, -0.2) is 31.1 Å². The van der Waals surface area contributed by atoms with Crippen LogP contribution in [0.25, 0.3) is 0 Å². The van der Waals surface area contributed by atoms with Crippen molar-refractivity contribution < 1.29 is 0 Å². The molecule has 0 aromatic heterocycles. The predicted molar refractivity (Wildman–Crippen MR) is 55.6 cm³/mol. The van der Waals surface area contributed by atoms with Crippen molar-refractivity contribution in [2.24, 2.45) is 17.1 Å². The molecule has 1 atom stereocenters. The molecule has 13 heavy (non-hydrogen) atoms. The van der Waals surface area contributed by atoms with E-state index in [2.05, 4.69) is 11.8 Å². The molecule has 1 saturated heterocycles. The second-order valence-corrected chi connectivity index (χ2v) is 4.98. The minimum atomic E-state index is 0.726. The normalized spacial score (nSPS) is 32.3. The fraction of sp³-hybridized carbons (Fsp3) is 1.00. The van der Waals surface area contributed by atoms with Gasteiger partial charge in [0.25, 0.3) is 0 Å². The molecule has 1 unspecified atom stereocenters. The van der Waals surface area contributed by atoms with E-state index >= 15 is 0 Å². The molecule has 0 amide bonds. The SMILES string of the molecule is CCC1(CN2CCC(CN)C2)CC1. The predicted octanol–water partition coefficient (Wildman–Crippen LogP) is 1.46. The average Bonchev–Trinajstić information content (AvgIpc) is 2.77. The molecule has 1 aliphatic carbocycles. The van der Waals surface area contributed by atoms with Gasteiger partial charge in [0.15, 0.2) is 0 Å². The minimum absolute atomic E-state index is 0.726. The van der Waals surface area contributed by atoms with E-state index in [0.717, 1.165) is 17.9 Å². The molecule has 2 heteroatoms. The second-order valence-electron chi connectivity index (χ2n) is 4.98. The standard InChI is InChI=1S/C11H22N2/c1-2-11(4-5-11)9-13-6-3-10(7-12)8-13/h10H,2-9,12H2,1H3. The second kappa shape index (κ2) is 3.58. The topological polar surface area (TPSA) is 29.3 Å². The zero-order chi connectivity index (χ0) is 9.31. The van der Waals surface area contributed by atoms with Crippen LogP contribution in [0.5, 0.6) is 0 Å². The summed E-state index contributed by atoms with van der Waals surface area (Å²) < 4.78 is 0. The zero-order valence-electron chi connectivity index (χ0n) is 8.76. The summed E-state index contributed by atoms with van der Waals surface area (Å²) in [6.45, 7) is 7.13. The summed E-state index contributed by atoms with van der Waals surface area (Å²) in [5, 5.41) is 0. The monoisotopic (exact) mass is 182 g/mol. The van der Waals surface area contributed by atoms with Gasteiger partial charge in [-0.05, 0) is 50.1 Å². The highest BCUT2D eigenvalue weighted by atomic mass is 15.2. The number of rotatable bonds is 4. The van der Waals surface area contributed by atoms with Crippen LogP contribution in [-0.2, 0) is 0 Å². The Labute approximate surface area is 81.5 Å². The van der Waals surface area contributed by atoms with Crippen molar-refractivity contribution in [1.82, 2.24) is 4.90 Å². The number of nitrogens with zero attached hydrogens (tertiary/aromatic N) is 1. The van der Waals surface area contributed by atoms with Crippen LogP contribution in [0.3, 0.4) is 0 Å². The van der Waals surface area contributed by atoms with E-state index in [1.165, 1.54) is 45.3 Å². The maximum absolute atomic E-state index is 5.68. The van der Waals surface area contributed by atoms with Gasteiger partial charge in [0.2, 0.25) is 0 Å². The summed E-state index contributed by atoms with van der Waals surface area (Å²) in [6, 6.07) is 0. The summed E-state index contributed by atoms with van der Waals surface area (Å²) in [5.41, 5.74) is 6.41. The molecule has 2 rings (SSSR count). The van der Waals surface area contributed by atoms with Crippen molar-refractivity contribution >= 4 is 0 Å². The lowest BCUT2D eigenvalue weighted by Crippen LogP contribution is -2.29. The molecule has 0 bridgehead atoms. The van der Waals surface area contributed by atoms with Gasteiger partial charge in [-0.25, -0.2) is 0 Å². The van der Waals surface area contributed by atoms with Crippen LogP contribution < -0.4 is 5.73 Å². The zero-order valence-corrected chi connectivity index (χ0v) is 8.76. The highest BCUT2D eigenvalue weighted by molar-refractivity contribution is 4.95. The molecule has 1 heterocycles. The Hall–Kier alpha value is -0.0800. The lowest BCUT2D eigenvalue weighted by molar-refractivity contribution is 0.251. The van der Waals surface area contributed by atoms with Gasteiger partial charge in [0.1, 0.15) is 0 Å². The molecule has 0 aromatic carbocycles. The van der Waals surface area contributed by atoms with Gasteiger partial charge in [-0.1, -0.05) is 6.92 Å². The van der Waals surface area contributed by atoms with Gasteiger partial charge in [-0.2, -0.15) is 0 Å². The van der Waals surface area contributed by atoms with Crippen molar-refractivity contribution in [2.75, 3.05) is 26.2 Å². The first kappa shape index (κ1) is 9.47. The van der Waals surface area contributed by atoms with E-state index in [1.807, 2.05) is 0 Å². The largest absolute Gasteiger partial charge is 0.330 e. The Kier molecular flexibility index (Phi) is 2.61. The third-order valence-electron chi connectivity index (χ3n) is 3.97. The summed E-state index contributed by atoms with van der Waals surface area (Å²) in [6.07, 6.45) is 5.63. The molecule has 2 fully saturated rings. The molecule has 0 aromatic rings. The summed E-state index contributed by atoms with van der Waals surface area (Å²) >= 11 is 0. The van der Waals surface area contributed by atoms with E-state index in [9.17, 15) is 0 Å². The Morgan fingerprint density at radius 3 is 2.69 bits per heavy atom. The third kappa shape index (κ3) is 2.05. The Morgan fingerprint density at radius 1 is 1.46 bits per heavy atom. The van der Waals surface area contributed by atoms with Crippen LogP contribution >= 0.6 is 0 Å². The van der Waals surface area contributed by atoms with Crippen LogP contribution in [0.15, 0.2) is 0 Å². The maximum Gasteiger partial charge on any atom is 0.00380 e. The lowest BCUT2D eigenvalue weighted by Gasteiger charge is -2.22. The first-order valence-corrected chi connectivity index (χ1v) is 5.70. The van der Waals surface area contributed by atoms with Gasteiger partial charge in [-0.15, -0.1) is 0 Å². The van der Waals surface area contributed by atoms with Crippen LogP contribution in [0.4, 0.5) is 0 Å². The minimum Gasteiger partial charge on any atom is -0.330 e. The van der Waals surface area contributed by atoms with Crippen molar-refractivity contribution in [2.45, 2.75) is 32.6 Å². The number of nitrogens with two attached hydrogens (primary N) is 1. The molecule has 0 spiro atoms. The summed E-state index contributed by atoms with van der Waals surface area (Å²) in [7, 11) is 0. The first-order valence-electron chi connectivity index (χ1n) is 5.70. The third-order valence-corrected chi connectivity index (χ3v) is 3.97. The summed E-state index contributed by atoms with van der Waals surface area (Å²) in [4.78, 5) is 2.63. The van der Waals surface area contributed by atoms with Gasteiger partial charge < -0.3 is 10.6 Å². The molecule has 0 radical (unpaired) electrons. The van der Waals surface area contributed by atoms with E-state index in [4.69, 9.17) is 5.73 Å². The van der Waals surface area contributed by atoms with Crippen LogP contribution in [0.1, 0.15) is 32.6 Å². The Morgan fingerprint density at radius 2 is 2.23 bits per heavy atom. The van der Waals surface area contributed by atoms with Crippen molar-refractivity contribution in [3.05, 3.63) is 0 Å². The fourth-order valence-electron chi connectivity index (χ4n) is 2.52. The maximum atomic E-state index is 5.68. The Balaban J connectivity index is 1.77. The lowest BCUT2D eigenvalue weighted by atomic mass is 10.0. The van der Waals surface area contributed by atoms with Gasteiger partial charge in [-0.3, -0.25) is 0 Å². The fourth-order valence-corrected chi connectivity index (χ4v) is 2.52. The van der Waals surface area contributed by atoms with E-state index in [0.29, 0.717) is 0 Å². The van der Waals surface area contributed by atoms with Crippen molar-refractivity contribution in [1.29, 1.82) is 0 Å². The molecule has 76 valence electrons. The van der Waals surface area contributed by atoms with Crippen LogP contribution in [0.2, 0.25) is 0 Å². The summed E-state index contributed by atoms with van der Waals surface area (Å²) in [5.74, 6) is 0.785. The molecule has 2 N–H and O–H groups in total. The number of hydrogen-bond donors (Lipinski definition) is 1. The molecular weight excluding hydrogens is 160 g/mol. The van der Waals surface area contributed by atoms with Crippen molar-refractivity contribution in [3.8, 4) is 0 Å².